The fraction of sp³-hybridized carbons (Fsp3) is 0. The second-order valence-electron chi connectivity index (χ2n) is 3.16. The van der Waals surface area contributed by atoms with Gasteiger partial charge in [-0.2, -0.15) is 0 Å². The van der Waals surface area contributed by atoms with E-state index in [4.69, 9.17) is 10.8 Å². The van der Waals surface area contributed by atoms with Crippen LogP contribution in [0.4, 0.5) is 5.00 Å². The van der Waals surface area contributed by atoms with Gasteiger partial charge in [-0.15, -0.1) is 0 Å². The molecular formula is C10H6Br2N2O2S. The summed E-state index contributed by atoms with van der Waals surface area (Å²) in [5.41, 5.74) is 6.32. The highest BCUT2D eigenvalue weighted by Gasteiger charge is 2.17. The number of halogens is 2. The van der Waals surface area contributed by atoms with Crippen LogP contribution in [-0.2, 0) is 0 Å². The first-order valence-corrected chi connectivity index (χ1v) is 6.84. The van der Waals surface area contributed by atoms with E-state index in [2.05, 4.69) is 36.8 Å². The molecule has 2 rings (SSSR count). The number of nitrogens with two attached hydrogens (primary N) is 1. The summed E-state index contributed by atoms with van der Waals surface area (Å²) in [7, 11) is 0. The summed E-state index contributed by atoms with van der Waals surface area (Å²) in [6.07, 6.45) is 0. The van der Waals surface area contributed by atoms with Crippen LogP contribution in [0.3, 0.4) is 0 Å². The molecule has 0 fully saturated rings. The van der Waals surface area contributed by atoms with Crippen molar-refractivity contribution in [3.05, 3.63) is 32.8 Å². The number of carboxylic acid groups (broad SMARTS) is 1. The van der Waals surface area contributed by atoms with Crippen LogP contribution < -0.4 is 5.73 Å². The molecule has 2 aromatic rings. The minimum atomic E-state index is -1.11. The molecule has 0 saturated carbocycles. The predicted octanol–water partition coefficient (Wildman–Crippen LogP) is 3.62. The molecule has 4 nitrogen and oxygen atoms in total. The van der Waals surface area contributed by atoms with Crippen molar-refractivity contribution in [1.82, 2.24) is 4.98 Å². The van der Waals surface area contributed by atoms with E-state index >= 15 is 0 Å². The number of aromatic carboxylic acids is 1. The number of hydrogen-bond donors (Lipinski definition) is 2. The van der Waals surface area contributed by atoms with Gasteiger partial charge in [-0.05, 0) is 18.2 Å². The number of carbonyl (C=O) groups is 1. The highest BCUT2D eigenvalue weighted by atomic mass is 79.9. The number of anilines is 1. The normalized spacial score (nSPS) is 10.5. The van der Waals surface area contributed by atoms with Crippen molar-refractivity contribution in [2.45, 2.75) is 0 Å². The summed E-state index contributed by atoms with van der Waals surface area (Å²) < 4.78 is 1.73. The van der Waals surface area contributed by atoms with Gasteiger partial charge in [0.1, 0.15) is 10.0 Å². The Hall–Kier alpha value is -0.920. The highest BCUT2D eigenvalue weighted by molar-refractivity contribution is 9.11. The Kier molecular flexibility index (Phi) is 3.50. The fourth-order valence-corrected chi connectivity index (χ4v) is 3.04. The van der Waals surface area contributed by atoms with Crippen LogP contribution in [0, 0.1) is 0 Å². The maximum atomic E-state index is 10.9. The average Bonchev–Trinajstić information content (AvgIpc) is 2.64. The fourth-order valence-electron chi connectivity index (χ4n) is 1.26. The molecule has 0 aliphatic heterocycles. The minimum absolute atomic E-state index is 0.100. The monoisotopic (exact) mass is 376 g/mol. The summed E-state index contributed by atoms with van der Waals surface area (Å²) in [4.78, 5) is 14.9. The molecule has 0 amide bonds. The number of benzene rings is 1. The molecule has 1 heterocycles. The van der Waals surface area contributed by atoms with Crippen molar-refractivity contribution >= 4 is 54.2 Å². The van der Waals surface area contributed by atoms with Crippen LogP contribution >= 0.6 is 43.2 Å². The van der Waals surface area contributed by atoms with Crippen LogP contribution in [0.5, 0.6) is 0 Å². The molecule has 0 bridgehead atoms. The average molecular weight is 378 g/mol. The van der Waals surface area contributed by atoms with Gasteiger partial charge < -0.3 is 10.8 Å². The van der Waals surface area contributed by atoms with Gasteiger partial charge in [-0.25, -0.2) is 9.78 Å². The van der Waals surface area contributed by atoms with Crippen LogP contribution in [0.15, 0.2) is 27.1 Å². The van der Waals surface area contributed by atoms with E-state index < -0.39 is 5.97 Å². The lowest BCUT2D eigenvalue weighted by Crippen LogP contribution is -2.00. The van der Waals surface area contributed by atoms with E-state index in [9.17, 15) is 4.79 Å². The molecule has 1 aromatic carbocycles. The molecule has 0 aliphatic rings. The van der Waals surface area contributed by atoms with Gasteiger partial charge in [0.25, 0.3) is 0 Å². The lowest BCUT2D eigenvalue weighted by atomic mass is 10.2. The van der Waals surface area contributed by atoms with Gasteiger partial charge in [-0.1, -0.05) is 43.2 Å². The van der Waals surface area contributed by atoms with Gasteiger partial charge in [0, 0.05) is 14.5 Å². The summed E-state index contributed by atoms with van der Waals surface area (Å²) >= 11 is 7.91. The first-order valence-electron chi connectivity index (χ1n) is 4.44. The smallest absolute Gasteiger partial charge is 0.357 e. The van der Waals surface area contributed by atoms with E-state index in [1.165, 1.54) is 0 Å². The van der Waals surface area contributed by atoms with Gasteiger partial charge in [-0.3, -0.25) is 0 Å². The van der Waals surface area contributed by atoms with Crippen molar-refractivity contribution < 1.29 is 9.90 Å². The zero-order valence-corrected chi connectivity index (χ0v) is 12.3. The second-order valence-corrected chi connectivity index (χ2v) is 5.96. The third-order valence-electron chi connectivity index (χ3n) is 2.01. The summed E-state index contributed by atoms with van der Waals surface area (Å²) in [6, 6.07) is 5.59. The summed E-state index contributed by atoms with van der Waals surface area (Å²) in [6.45, 7) is 0. The molecule has 17 heavy (non-hydrogen) atoms. The quantitative estimate of drug-likeness (QED) is 0.837. The lowest BCUT2D eigenvalue weighted by Gasteiger charge is -2.00. The number of carboxylic acids is 1. The number of nitrogen functional groups attached to an aromatic ring is 1. The summed E-state index contributed by atoms with van der Waals surface area (Å²) in [5, 5.41) is 9.68. The molecule has 0 radical (unpaired) electrons. The zero-order valence-electron chi connectivity index (χ0n) is 8.28. The number of hydrogen-bond acceptors (Lipinski definition) is 4. The largest absolute Gasteiger partial charge is 0.476 e. The molecule has 1 aromatic heterocycles. The van der Waals surface area contributed by atoms with Crippen molar-refractivity contribution in [2.75, 3.05) is 5.73 Å². The summed E-state index contributed by atoms with van der Waals surface area (Å²) in [5.74, 6) is -1.11. The molecule has 0 atom stereocenters. The number of thiazole rings is 1. The lowest BCUT2D eigenvalue weighted by molar-refractivity contribution is 0.0692. The first-order chi connectivity index (χ1) is 7.99. The van der Waals surface area contributed by atoms with E-state index in [-0.39, 0.29) is 10.7 Å². The number of rotatable bonds is 2. The van der Waals surface area contributed by atoms with Crippen LogP contribution in [-0.4, -0.2) is 16.1 Å². The Bertz CT molecular complexity index is 598. The molecule has 0 saturated heterocycles. The number of nitrogens with zero attached hydrogens (tertiary/aromatic N) is 1. The SMILES string of the molecule is Nc1sc(-c2cc(Br)ccc2Br)nc1C(=O)O. The topological polar surface area (TPSA) is 76.2 Å². The maximum absolute atomic E-state index is 10.9. The molecular weight excluding hydrogens is 372 g/mol. The second kappa shape index (κ2) is 4.75. The van der Waals surface area contributed by atoms with Crippen molar-refractivity contribution in [1.29, 1.82) is 0 Å². The van der Waals surface area contributed by atoms with Crippen LogP contribution in [0.1, 0.15) is 10.5 Å². The molecule has 7 heteroatoms. The zero-order chi connectivity index (χ0) is 12.6. The molecule has 3 N–H and O–H groups in total. The van der Waals surface area contributed by atoms with Gasteiger partial charge in [0.2, 0.25) is 0 Å². The van der Waals surface area contributed by atoms with E-state index in [0.717, 1.165) is 25.8 Å². The Morgan fingerprint density at radius 3 is 2.71 bits per heavy atom. The molecule has 0 spiro atoms. The predicted molar refractivity (Wildman–Crippen MR) is 74.3 cm³/mol. The van der Waals surface area contributed by atoms with Crippen LogP contribution in [0.2, 0.25) is 0 Å². The van der Waals surface area contributed by atoms with Crippen molar-refractivity contribution in [3.8, 4) is 10.6 Å². The third kappa shape index (κ3) is 2.51. The molecule has 0 aliphatic carbocycles. The van der Waals surface area contributed by atoms with Crippen LogP contribution in [0.25, 0.3) is 10.6 Å². The Balaban J connectivity index is 2.57. The maximum Gasteiger partial charge on any atom is 0.357 e. The van der Waals surface area contributed by atoms with Crippen molar-refractivity contribution in [3.63, 3.8) is 0 Å². The standard InChI is InChI=1S/C10H6Br2N2O2S/c11-4-1-2-6(12)5(3-4)9-14-7(10(15)16)8(13)17-9/h1-3H,13H2,(H,15,16). The Morgan fingerprint density at radius 1 is 1.41 bits per heavy atom. The van der Waals surface area contributed by atoms with E-state index in [1.807, 2.05) is 18.2 Å². The van der Waals surface area contributed by atoms with Crippen molar-refractivity contribution in [2.24, 2.45) is 0 Å². The van der Waals surface area contributed by atoms with E-state index in [0.29, 0.717) is 5.01 Å². The molecule has 88 valence electrons. The molecule has 0 unspecified atom stereocenters. The first kappa shape index (κ1) is 12.5. The minimum Gasteiger partial charge on any atom is -0.476 e. The van der Waals surface area contributed by atoms with E-state index in [1.54, 1.807) is 0 Å². The van der Waals surface area contributed by atoms with Gasteiger partial charge in [0.05, 0.1) is 0 Å². The Morgan fingerprint density at radius 2 is 2.12 bits per heavy atom. The van der Waals surface area contributed by atoms with Gasteiger partial charge in [0.15, 0.2) is 5.69 Å². The number of aromatic nitrogens is 1. The highest BCUT2D eigenvalue weighted by Crippen LogP contribution is 2.36. The Labute approximate surface area is 118 Å². The third-order valence-corrected chi connectivity index (χ3v) is 4.12. The van der Waals surface area contributed by atoms with Gasteiger partial charge >= 0.3 is 5.97 Å².